The molecule has 0 unspecified atom stereocenters. The molecule has 0 heterocycles. The molecule has 0 saturated heterocycles. The minimum absolute atomic E-state index is 0.249. The van der Waals surface area contributed by atoms with Crippen molar-refractivity contribution in [1.82, 2.24) is 0 Å². The van der Waals surface area contributed by atoms with Gasteiger partial charge in [-0.05, 0) is 40.8 Å². The van der Waals surface area contributed by atoms with E-state index in [1.807, 2.05) is 22.6 Å². The summed E-state index contributed by atoms with van der Waals surface area (Å²) in [4.78, 5) is 9.58. The van der Waals surface area contributed by atoms with Crippen LogP contribution in [0, 0.1) is 25.3 Å². The number of halogens is 3. The number of nitrogens with zero attached hydrogens (tertiary/aromatic N) is 1. The van der Waals surface area contributed by atoms with Gasteiger partial charge in [-0.25, -0.2) is 8.78 Å². The van der Waals surface area contributed by atoms with Crippen molar-refractivity contribution in [3.05, 3.63) is 61.7 Å². The Hall–Kier alpha value is -1.77. The van der Waals surface area contributed by atoms with Crippen molar-refractivity contribution in [2.24, 2.45) is 0 Å². The molecule has 2 aromatic carbocycles. The van der Waals surface area contributed by atoms with Crippen LogP contribution in [0.2, 0.25) is 0 Å². The number of non-ortho nitro benzene ring substituents is 1. The van der Waals surface area contributed by atoms with Crippen molar-refractivity contribution in [2.45, 2.75) is 0 Å². The Kier molecular flexibility index (Phi) is 3.93. The third-order valence-electron chi connectivity index (χ3n) is 2.21. The maximum atomic E-state index is 13.6. The second kappa shape index (κ2) is 5.47. The molecular formula is C12H6F2INO3. The van der Waals surface area contributed by atoms with Crippen LogP contribution in [0.5, 0.6) is 11.5 Å². The predicted molar refractivity (Wildman–Crippen MR) is 72.2 cm³/mol. The fourth-order valence-corrected chi connectivity index (χ4v) is 1.91. The number of hydrogen-bond acceptors (Lipinski definition) is 3. The van der Waals surface area contributed by atoms with Gasteiger partial charge < -0.3 is 4.74 Å². The van der Waals surface area contributed by atoms with Crippen LogP contribution in [-0.4, -0.2) is 4.92 Å². The van der Waals surface area contributed by atoms with E-state index in [1.54, 1.807) is 18.2 Å². The molecule has 0 aliphatic carbocycles. The predicted octanol–water partition coefficient (Wildman–Crippen LogP) is 4.27. The normalized spacial score (nSPS) is 10.3. The lowest BCUT2D eigenvalue weighted by Gasteiger charge is -2.08. The van der Waals surface area contributed by atoms with Crippen molar-refractivity contribution in [3.63, 3.8) is 0 Å². The van der Waals surface area contributed by atoms with Gasteiger partial charge in [0.1, 0.15) is 5.75 Å². The molecule has 98 valence electrons. The Morgan fingerprint density at radius 2 is 1.79 bits per heavy atom. The van der Waals surface area contributed by atoms with E-state index in [-0.39, 0.29) is 5.75 Å². The molecule has 0 aromatic heterocycles. The van der Waals surface area contributed by atoms with Crippen molar-refractivity contribution >= 4 is 28.3 Å². The van der Waals surface area contributed by atoms with Crippen molar-refractivity contribution < 1.29 is 18.4 Å². The van der Waals surface area contributed by atoms with Crippen LogP contribution in [0.3, 0.4) is 0 Å². The van der Waals surface area contributed by atoms with Crippen molar-refractivity contribution in [2.75, 3.05) is 0 Å². The fourth-order valence-electron chi connectivity index (χ4n) is 1.40. The maximum absolute atomic E-state index is 13.6. The molecule has 4 nitrogen and oxygen atoms in total. The maximum Gasteiger partial charge on any atom is 0.275 e. The monoisotopic (exact) mass is 377 g/mol. The van der Waals surface area contributed by atoms with Gasteiger partial charge in [0.05, 0.1) is 17.1 Å². The van der Waals surface area contributed by atoms with E-state index in [9.17, 15) is 18.9 Å². The zero-order valence-corrected chi connectivity index (χ0v) is 11.4. The molecule has 2 rings (SSSR count). The van der Waals surface area contributed by atoms with E-state index in [0.717, 1.165) is 3.57 Å². The van der Waals surface area contributed by atoms with Gasteiger partial charge in [-0.1, -0.05) is 6.07 Å². The highest BCUT2D eigenvalue weighted by Crippen LogP contribution is 2.31. The van der Waals surface area contributed by atoms with Crippen molar-refractivity contribution in [1.29, 1.82) is 0 Å². The van der Waals surface area contributed by atoms with E-state index in [1.165, 1.54) is 6.07 Å². The summed E-state index contributed by atoms with van der Waals surface area (Å²) in [6.07, 6.45) is 0. The molecule has 19 heavy (non-hydrogen) atoms. The smallest absolute Gasteiger partial charge is 0.275 e. The third-order valence-corrected chi connectivity index (χ3v) is 2.88. The standard InChI is InChI=1S/C12H6F2INO3/c13-10-5-8(16(17)18)6-11(14)12(10)19-9-3-1-2-7(15)4-9/h1-6H. The van der Waals surface area contributed by atoms with Crippen LogP contribution in [0.1, 0.15) is 0 Å². The van der Waals surface area contributed by atoms with Crippen LogP contribution >= 0.6 is 22.6 Å². The average molecular weight is 377 g/mol. The van der Waals surface area contributed by atoms with Crippen LogP contribution in [0.25, 0.3) is 0 Å². The topological polar surface area (TPSA) is 52.4 Å². The molecule has 0 spiro atoms. The lowest BCUT2D eigenvalue weighted by atomic mass is 10.2. The first kappa shape index (κ1) is 13.7. The number of nitro benzene ring substituents is 1. The SMILES string of the molecule is O=[N+]([O-])c1cc(F)c(Oc2cccc(I)c2)c(F)c1. The summed E-state index contributed by atoms with van der Waals surface area (Å²) >= 11 is 2.02. The second-order valence-electron chi connectivity index (χ2n) is 3.56. The van der Waals surface area contributed by atoms with Gasteiger partial charge in [0.15, 0.2) is 17.4 Å². The number of ether oxygens (including phenoxy) is 1. The molecule has 0 amide bonds. The van der Waals surface area contributed by atoms with E-state index in [4.69, 9.17) is 4.74 Å². The van der Waals surface area contributed by atoms with Gasteiger partial charge in [0, 0.05) is 3.57 Å². The summed E-state index contributed by atoms with van der Waals surface area (Å²) in [6.45, 7) is 0. The van der Waals surface area contributed by atoms with Crippen LogP contribution in [0.15, 0.2) is 36.4 Å². The van der Waals surface area contributed by atoms with E-state index in [0.29, 0.717) is 12.1 Å². The molecule has 0 aliphatic heterocycles. The Morgan fingerprint density at radius 1 is 1.16 bits per heavy atom. The number of hydrogen-bond donors (Lipinski definition) is 0. The van der Waals surface area contributed by atoms with Crippen LogP contribution in [0.4, 0.5) is 14.5 Å². The number of benzene rings is 2. The molecule has 0 N–H and O–H groups in total. The highest BCUT2D eigenvalue weighted by atomic mass is 127. The van der Waals surface area contributed by atoms with Gasteiger partial charge in [-0.15, -0.1) is 0 Å². The van der Waals surface area contributed by atoms with Gasteiger partial charge in [-0.3, -0.25) is 10.1 Å². The molecule has 0 aliphatic rings. The Bertz CT molecular complexity index is 626. The lowest BCUT2D eigenvalue weighted by molar-refractivity contribution is -0.385. The second-order valence-corrected chi connectivity index (χ2v) is 4.80. The molecule has 7 heteroatoms. The van der Waals surface area contributed by atoms with Gasteiger partial charge >= 0.3 is 0 Å². The summed E-state index contributed by atoms with van der Waals surface area (Å²) in [5.74, 6) is -2.65. The fraction of sp³-hybridized carbons (Fsp3) is 0. The zero-order valence-electron chi connectivity index (χ0n) is 9.27. The minimum Gasteiger partial charge on any atom is -0.451 e. The van der Waals surface area contributed by atoms with Gasteiger partial charge in [0.2, 0.25) is 0 Å². The Balaban J connectivity index is 2.38. The summed E-state index contributed by atoms with van der Waals surface area (Å²) < 4.78 is 33.1. The molecule has 0 radical (unpaired) electrons. The molecular weight excluding hydrogens is 371 g/mol. The minimum atomic E-state index is -1.12. The van der Waals surface area contributed by atoms with Crippen molar-refractivity contribution in [3.8, 4) is 11.5 Å². The molecule has 0 atom stereocenters. The van der Waals surface area contributed by atoms with E-state index < -0.39 is 28.0 Å². The zero-order chi connectivity index (χ0) is 14.0. The Labute approximate surface area is 120 Å². The van der Waals surface area contributed by atoms with Gasteiger partial charge in [-0.2, -0.15) is 0 Å². The summed E-state index contributed by atoms with van der Waals surface area (Å²) in [7, 11) is 0. The van der Waals surface area contributed by atoms with Gasteiger partial charge in [0.25, 0.3) is 5.69 Å². The summed E-state index contributed by atoms with van der Waals surface area (Å²) in [6, 6.07) is 7.80. The number of rotatable bonds is 3. The highest BCUT2D eigenvalue weighted by molar-refractivity contribution is 14.1. The first-order valence-electron chi connectivity index (χ1n) is 5.04. The Morgan fingerprint density at radius 3 is 2.32 bits per heavy atom. The van der Waals surface area contributed by atoms with E-state index >= 15 is 0 Å². The van der Waals surface area contributed by atoms with Crippen LogP contribution in [-0.2, 0) is 0 Å². The first-order valence-corrected chi connectivity index (χ1v) is 6.12. The quantitative estimate of drug-likeness (QED) is 0.456. The van der Waals surface area contributed by atoms with E-state index in [2.05, 4.69) is 0 Å². The third kappa shape index (κ3) is 3.16. The molecule has 0 bridgehead atoms. The summed E-state index contributed by atoms with van der Waals surface area (Å²) in [5.41, 5.74) is -0.662. The average Bonchev–Trinajstić information content (AvgIpc) is 2.33. The number of nitro groups is 1. The lowest BCUT2D eigenvalue weighted by Crippen LogP contribution is -1.96. The molecule has 0 saturated carbocycles. The molecule has 2 aromatic rings. The van der Waals surface area contributed by atoms with Crippen LogP contribution < -0.4 is 4.74 Å². The summed E-state index contributed by atoms with van der Waals surface area (Å²) in [5, 5.41) is 10.5. The first-order chi connectivity index (χ1) is 8.97. The highest BCUT2D eigenvalue weighted by Gasteiger charge is 2.18. The largest absolute Gasteiger partial charge is 0.451 e. The molecule has 0 fully saturated rings.